The van der Waals surface area contributed by atoms with Crippen LogP contribution in [0.4, 0.5) is 13.2 Å². The number of halogens is 3. The predicted octanol–water partition coefficient (Wildman–Crippen LogP) is 3.73. The van der Waals surface area contributed by atoms with Gasteiger partial charge in [-0.2, -0.15) is 13.2 Å². The van der Waals surface area contributed by atoms with Crippen LogP contribution in [0.15, 0.2) is 41.5 Å². The fourth-order valence-electron chi connectivity index (χ4n) is 3.78. The molecule has 0 amide bonds. The topological polar surface area (TPSA) is 65.6 Å². The monoisotopic (exact) mass is 419 g/mol. The maximum atomic E-state index is 13.0. The lowest BCUT2D eigenvalue weighted by atomic mass is 9.94. The van der Waals surface area contributed by atoms with Gasteiger partial charge >= 0.3 is 12.1 Å². The van der Waals surface area contributed by atoms with Crippen molar-refractivity contribution in [3.8, 4) is 0 Å². The van der Waals surface area contributed by atoms with Crippen molar-refractivity contribution in [2.24, 2.45) is 0 Å². The number of ether oxygens (including phenoxy) is 1. The minimum atomic E-state index is -4.38. The van der Waals surface area contributed by atoms with Crippen LogP contribution in [0.5, 0.6) is 0 Å². The quantitative estimate of drug-likeness (QED) is 0.591. The van der Waals surface area contributed by atoms with E-state index >= 15 is 0 Å². The van der Waals surface area contributed by atoms with Gasteiger partial charge in [-0.1, -0.05) is 12.1 Å². The van der Waals surface area contributed by atoms with E-state index in [0.29, 0.717) is 12.2 Å². The van der Waals surface area contributed by atoms with Crippen LogP contribution in [-0.2, 0) is 22.9 Å². The van der Waals surface area contributed by atoms with Gasteiger partial charge in [0.25, 0.3) is 5.56 Å². The zero-order valence-corrected chi connectivity index (χ0v) is 16.5. The van der Waals surface area contributed by atoms with Crippen LogP contribution < -0.4 is 5.56 Å². The zero-order chi connectivity index (χ0) is 21.7. The molecule has 1 aliphatic carbocycles. The highest BCUT2D eigenvalue weighted by molar-refractivity contribution is 5.89. The molecule has 9 heteroatoms. The van der Waals surface area contributed by atoms with E-state index in [1.807, 2.05) is 0 Å². The minimum absolute atomic E-state index is 0.112. The Hall–Kier alpha value is -3.10. The average molecular weight is 419 g/mol. The van der Waals surface area contributed by atoms with E-state index < -0.39 is 17.7 Å². The molecule has 0 N–H and O–H groups in total. The summed E-state index contributed by atoms with van der Waals surface area (Å²) < 4.78 is 46.5. The minimum Gasteiger partial charge on any atom is -0.461 e. The van der Waals surface area contributed by atoms with Crippen molar-refractivity contribution >= 4 is 11.6 Å². The van der Waals surface area contributed by atoms with Gasteiger partial charge in [0.05, 0.1) is 17.9 Å². The van der Waals surface area contributed by atoms with Crippen LogP contribution >= 0.6 is 0 Å². The first-order valence-corrected chi connectivity index (χ1v) is 9.59. The molecule has 1 aliphatic rings. The Labute approximate surface area is 169 Å². The Balaban J connectivity index is 1.67. The molecular formula is C21H20F3N3O3. The summed E-state index contributed by atoms with van der Waals surface area (Å²) in [4.78, 5) is 29.4. The maximum absolute atomic E-state index is 13.0. The molecule has 1 aromatic carbocycles. The first-order chi connectivity index (χ1) is 14.2. The molecule has 2 aromatic heterocycles. The third kappa shape index (κ3) is 3.38. The highest BCUT2D eigenvalue weighted by atomic mass is 19.4. The summed E-state index contributed by atoms with van der Waals surface area (Å²) >= 11 is 0. The molecule has 1 fully saturated rings. The van der Waals surface area contributed by atoms with Crippen molar-refractivity contribution < 1.29 is 22.7 Å². The number of fused-ring (bicyclic) bond motifs is 1. The van der Waals surface area contributed by atoms with E-state index in [1.165, 1.54) is 21.1 Å². The van der Waals surface area contributed by atoms with E-state index in [-0.39, 0.29) is 28.9 Å². The molecule has 1 saturated carbocycles. The Morgan fingerprint density at radius 1 is 1.20 bits per heavy atom. The summed E-state index contributed by atoms with van der Waals surface area (Å²) in [6, 6.07) is 5.12. The summed E-state index contributed by atoms with van der Waals surface area (Å²) in [5, 5.41) is 0. The average Bonchev–Trinajstić information content (AvgIpc) is 3.39. The number of benzene rings is 1. The number of rotatable bonds is 5. The predicted molar refractivity (Wildman–Crippen MR) is 103 cm³/mol. The molecular weight excluding hydrogens is 399 g/mol. The van der Waals surface area contributed by atoms with Crippen molar-refractivity contribution in [1.29, 1.82) is 0 Å². The Bertz CT molecular complexity index is 1170. The molecule has 4 rings (SSSR count). The second-order valence-corrected chi connectivity index (χ2v) is 7.55. The second kappa shape index (κ2) is 7.00. The molecule has 0 saturated heterocycles. The van der Waals surface area contributed by atoms with Crippen LogP contribution in [-0.4, -0.2) is 26.5 Å². The Kier molecular flexibility index (Phi) is 4.71. The highest BCUT2D eigenvalue weighted by Gasteiger charge is 2.45. The van der Waals surface area contributed by atoms with E-state index in [0.717, 1.165) is 30.5 Å². The summed E-state index contributed by atoms with van der Waals surface area (Å²) in [6.07, 6.45) is 0.330. The third-order valence-electron chi connectivity index (χ3n) is 5.55. The molecule has 158 valence electrons. The van der Waals surface area contributed by atoms with E-state index in [1.54, 1.807) is 26.2 Å². The third-order valence-corrected chi connectivity index (χ3v) is 5.55. The number of nitrogens with zero attached hydrogens (tertiary/aromatic N) is 3. The van der Waals surface area contributed by atoms with Gasteiger partial charge in [-0.15, -0.1) is 0 Å². The number of hydrogen-bond donors (Lipinski definition) is 0. The van der Waals surface area contributed by atoms with E-state index in [2.05, 4.69) is 4.98 Å². The normalized spacial score (nSPS) is 15.4. The largest absolute Gasteiger partial charge is 0.461 e. The van der Waals surface area contributed by atoms with Gasteiger partial charge < -0.3 is 9.30 Å². The molecule has 0 aliphatic heterocycles. The summed E-state index contributed by atoms with van der Waals surface area (Å²) in [5.74, 6) is -0.553. The summed E-state index contributed by atoms with van der Waals surface area (Å²) in [7, 11) is 0. The Morgan fingerprint density at radius 2 is 1.87 bits per heavy atom. The van der Waals surface area contributed by atoms with Crippen LogP contribution in [0.2, 0.25) is 0 Å². The maximum Gasteiger partial charge on any atom is 0.416 e. The number of aryl methyl sites for hydroxylation is 1. The number of aromatic nitrogens is 3. The lowest BCUT2D eigenvalue weighted by Gasteiger charge is -2.18. The van der Waals surface area contributed by atoms with Crippen LogP contribution in [0.3, 0.4) is 0 Å². The highest BCUT2D eigenvalue weighted by Crippen LogP contribution is 2.49. The fraction of sp³-hybridized carbons (Fsp3) is 0.381. The number of carbonyl (C=O) groups is 1. The van der Waals surface area contributed by atoms with Gasteiger partial charge in [0, 0.05) is 24.4 Å². The van der Waals surface area contributed by atoms with Gasteiger partial charge in [0.1, 0.15) is 0 Å². The number of carbonyl (C=O) groups excluding carboxylic acids is 1. The molecule has 3 aromatic rings. The van der Waals surface area contributed by atoms with Crippen molar-refractivity contribution in [3.63, 3.8) is 0 Å². The molecule has 30 heavy (non-hydrogen) atoms. The van der Waals surface area contributed by atoms with Crippen LogP contribution in [0.25, 0.3) is 5.65 Å². The van der Waals surface area contributed by atoms with Crippen molar-refractivity contribution in [2.45, 2.75) is 44.8 Å². The van der Waals surface area contributed by atoms with Gasteiger partial charge in [-0.05, 0) is 44.4 Å². The fourth-order valence-corrected chi connectivity index (χ4v) is 3.78. The lowest BCUT2D eigenvalue weighted by molar-refractivity contribution is -0.137. The van der Waals surface area contributed by atoms with Gasteiger partial charge in [-0.25, -0.2) is 9.78 Å². The van der Waals surface area contributed by atoms with E-state index in [9.17, 15) is 22.8 Å². The second-order valence-electron chi connectivity index (χ2n) is 7.55. The molecule has 0 bridgehead atoms. The van der Waals surface area contributed by atoms with E-state index in [4.69, 9.17) is 4.74 Å². The number of esters is 1. The summed E-state index contributed by atoms with van der Waals surface area (Å²) in [6.45, 7) is 3.86. The molecule has 2 heterocycles. The standard InChI is InChI=1S/C21H20F3N3O3/c1-3-30-19(29)16-13(2)25-17-18(28)26(10-11-27(16)17)12-20(8-9-20)14-4-6-15(7-5-14)21(22,23)24/h4-7,10-11H,3,8-9,12H2,1-2H3. The number of alkyl halides is 3. The van der Waals surface area contributed by atoms with Gasteiger partial charge in [0.15, 0.2) is 5.69 Å². The Morgan fingerprint density at radius 3 is 2.43 bits per heavy atom. The zero-order valence-electron chi connectivity index (χ0n) is 16.5. The van der Waals surface area contributed by atoms with Gasteiger partial charge in [-0.3, -0.25) is 9.20 Å². The molecule has 0 atom stereocenters. The first kappa shape index (κ1) is 20.2. The number of hydrogen-bond acceptors (Lipinski definition) is 4. The van der Waals surface area contributed by atoms with Gasteiger partial charge in [0.2, 0.25) is 5.65 Å². The van der Waals surface area contributed by atoms with Crippen molar-refractivity contribution in [2.75, 3.05) is 6.61 Å². The lowest BCUT2D eigenvalue weighted by Crippen LogP contribution is -2.28. The molecule has 6 nitrogen and oxygen atoms in total. The van der Waals surface area contributed by atoms with Crippen molar-refractivity contribution in [1.82, 2.24) is 14.0 Å². The molecule has 0 unspecified atom stereocenters. The molecule has 0 spiro atoms. The SMILES string of the molecule is CCOC(=O)c1c(C)nc2c(=O)n(CC3(c4ccc(C(F)(F)F)cc4)CC3)ccn12. The first-order valence-electron chi connectivity index (χ1n) is 9.59. The summed E-state index contributed by atoms with van der Waals surface area (Å²) in [5.41, 5.74) is 0.0505. The van der Waals surface area contributed by atoms with Crippen LogP contribution in [0, 0.1) is 6.92 Å². The van der Waals surface area contributed by atoms with Crippen molar-refractivity contribution in [3.05, 3.63) is 69.5 Å². The van der Waals surface area contributed by atoms with Crippen LogP contribution in [0.1, 0.15) is 47.1 Å². The number of imidazole rings is 1. The molecule has 0 radical (unpaired) electrons. The smallest absolute Gasteiger partial charge is 0.416 e.